The fraction of sp³-hybridized carbons (Fsp3) is 0.467. The van der Waals surface area contributed by atoms with Crippen LogP contribution in [0.2, 0.25) is 0 Å². The highest BCUT2D eigenvalue weighted by Gasteiger charge is 2.51. The van der Waals surface area contributed by atoms with Gasteiger partial charge >= 0.3 is 5.97 Å². The summed E-state index contributed by atoms with van der Waals surface area (Å²) in [6.45, 7) is 2.23. The number of nitrogens with zero attached hydrogens (tertiary/aromatic N) is 2. The van der Waals surface area contributed by atoms with Crippen molar-refractivity contribution in [3.63, 3.8) is 0 Å². The molecule has 23 heavy (non-hydrogen) atoms. The van der Waals surface area contributed by atoms with E-state index in [1.54, 1.807) is 6.92 Å². The molecule has 1 aromatic rings. The molecule has 2 aliphatic rings. The van der Waals surface area contributed by atoms with E-state index in [2.05, 4.69) is 10.4 Å². The van der Waals surface area contributed by atoms with E-state index >= 15 is 0 Å². The van der Waals surface area contributed by atoms with Gasteiger partial charge in [0.15, 0.2) is 0 Å². The number of aromatic nitrogens is 2. The lowest BCUT2D eigenvalue weighted by Crippen LogP contribution is -2.36. The summed E-state index contributed by atoms with van der Waals surface area (Å²) in [5.41, 5.74) is 5.68. The predicted octanol–water partition coefficient (Wildman–Crippen LogP) is 0.463. The van der Waals surface area contributed by atoms with Crippen molar-refractivity contribution in [1.82, 2.24) is 9.78 Å². The number of aryl methyl sites for hydroxylation is 1. The predicted molar refractivity (Wildman–Crippen MR) is 80.4 cm³/mol. The maximum absolute atomic E-state index is 12.6. The van der Waals surface area contributed by atoms with Gasteiger partial charge in [-0.05, 0) is 25.2 Å². The fourth-order valence-corrected chi connectivity index (χ4v) is 3.71. The molecule has 2 bridgehead atoms. The summed E-state index contributed by atoms with van der Waals surface area (Å²) in [5.74, 6) is -3.64. The van der Waals surface area contributed by atoms with Crippen molar-refractivity contribution < 1.29 is 19.5 Å². The summed E-state index contributed by atoms with van der Waals surface area (Å²) < 4.78 is 1.40. The molecular weight excluding hydrogens is 300 g/mol. The Bertz CT molecular complexity index is 708. The van der Waals surface area contributed by atoms with Gasteiger partial charge in [0.25, 0.3) is 5.91 Å². The van der Waals surface area contributed by atoms with E-state index in [9.17, 15) is 19.5 Å². The molecule has 0 unspecified atom stereocenters. The smallest absolute Gasteiger partial charge is 0.307 e. The first-order chi connectivity index (χ1) is 10.9. The maximum Gasteiger partial charge on any atom is 0.307 e. The summed E-state index contributed by atoms with van der Waals surface area (Å²) in [6, 6.07) is 0. The molecule has 1 heterocycles. The monoisotopic (exact) mass is 318 g/mol. The Kier molecular flexibility index (Phi) is 3.67. The minimum atomic E-state index is -0.971. The fourth-order valence-electron chi connectivity index (χ4n) is 3.71. The topological polar surface area (TPSA) is 127 Å². The lowest BCUT2D eigenvalue weighted by Gasteiger charge is -2.23. The minimum absolute atomic E-state index is 0.0839. The van der Waals surface area contributed by atoms with Crippen molar-refractivity contribution in [3.05, 3.63) is 24.0 Å². The Hall–Kier alpha value is -2.64. The molecule has 122 valence electrons. The first kappa shape index (κ1) is 15.3. The molecule has 1 saturated carbocycles. The number of nitrogens with two attached hydrogens (primary N) is 1. The van der Waals surface area contributed by atoms with Gasteiger partial charge in [-0.3, -0.25) is 19.1 Å². The van der Waals surface area contributed by atoms with Crippen LogP contribution in [0.5, 0.6) is 0 Å². The third kappa shape index (κ3) is 2.39. The molecule has 0 spiro atoms. The van der Waals surface area contributed by atoms with Crippen LogP contribution >= 0.6 is 0 Å². The number of anilines is 1. The Morgan fingerprint density at radius 2 is 2.00 bits per heavy atom. The van der Waals surface area contributed by atoms with Gasteiger partial charge in [-0.15, -0.1) is 0 Å². The van der Waals surface area contributed by atoms with Crippen LogP contribution in [0.1, 0.15) is 23.8 Å². The minimum Gasteiger partial charge on any atom is -0.481 e. The van der Waals surface area contributed by atoms with Crippen molar-refractivity contribution in [2.75, 3.05) is 5.32 Å². The number of carbonyl (C=O) groups excluding carboxylic acids is 2. The third-order valence-corrected chi connectivity index (χ3v) is 4.68. The highest BCUT2D eigenvalue weighted by molar-refractivity contribution is 6.03. The molecular formula is C15H18N4O4. The number of amides is 2. The summed E-state index contributed by atoms with van der Waals surface area (Å²) in [5, 5.41) is 16.0. The van der Waals surface area contributed by atoms with Crippen LogP contribution in [0.15, 0.2) is 18.3 Å². The number of hydrogen-bond donors (Lipinski definition) is 3. The standard InChI is InChI=1S/C15H18N4O4/c1-2-19-12(13(16)20)9(6-17-19)18-14(21)10-7-3-4-8(5-7)11(10)15(22)23/h3-4,6-8,10-11H,2,5H2,1H3,(H2,16,20)(H,18,21)(H,22,23)/t7-,8+,10-,11+/m1/s1. The molecule has 0 aromatic carbocycles. The van der Waals surface area contributed by atoms with Gasteiger partial charge in [-0.2, -0.15) is 5.10 Å². The highest BCUT2D eigenvalue weighted by atomic mass is 16.4. The van der Waals surface area contributed by atoms with E-state index in [-0.39, 0.29) is 23.2 Å². The Labute approximate surface area is 132 Å². The van der Waals surface area contributed by atoms with E-state index in [1.165, 1.54) is 10.9 Å². The van der Waals surface area contributed by atoms with Gasteiger partial charge in [-0.1, -0.05) is 12.2 Å². The van der Waals surface area contributed by atoms with Crippen molar-refractivity contribution in [3.8, 4) is 0 Å². The molecule has 0 saturated heterocycles. The largest absolute Gasteiger partial charge is 0.481 e. The zero-order valence-electron chi connectivity index (χ0n) is 12.6. The average molecular weight is 318 g/mol. The Morgan fingerprint density at radius 1 is 1.35 bits per heavy atom. The van der Waals surface area contributed by atoms with Crippen LogP contribution in [0.25, 0.3) is 0 Å². The SMILES string of the molecule is CCn1ncc(NC(=O)[C@H]2[C@@H](C(=O)O)[C@H]3C=C[C@@H]2C3)c1C(N)=O. The molecule has 4 atom stereocenters. The molecule has 8 nitrogen and oxygen atoms in total. The van der Waals surface area contributed by atoms with Crippen LogP contribution in [0.4, 0.5) is 5.69 Å². The van der Waals surface area contributed by atoms with E-state index in [0.717, 1.165) is 0 Å². The van der Waals surface area contributed by atoms with E-state index in [1.807, 2.05) is 12.2 Å². The van der Waals surface area contributed by atoms with Crippen LogP contribution in [-0.2, 0) is 16.1 Å². The number of fused-ring (bicyclic) bond motifs is 2. The number of primary amides is 1. The Balaban J connectivity index is 1.85. The van der Waals surface area contributed by atoms with Crippen molar-refractivity contribution in [2.45, 2.75) is 19.9 Å². The second-order valence-electron chi connectivity index (χ2n) is 5.91. The molecule has 4 N–H and O–H groups in total. The summed E-state index contributed by atoms with van der Waals surface area (Å²) in [6.07, 6.45) is 5.81. The summed E-state index contributed by atoms with van der Waals surface area (Å²) in [4.78, 5) is 35.6. The van der Waals surface area contributed by atoms with E-state index in [4.69, 9.17) is 5.73 Å². The van der Waals surface area contributed by atoms with Crippen LogP contribution < -0.4 is 11.1 Å². The second-order valence-corrected chi connectivity index (χ2v) is 5.91. The van der Waals surface area contributed by atoms with Crippen molar-refractivity contribution in [1.29, 1.82) is 0 Å². The van der Waals surface area contributed by atoms with Gasteiger partial charge in [0.2, 0.25) is 5.91 Å². The van der Waals surface area contributed by atoms with Gasteiger partial charge in [-0.25, -0.2) is 0 Å². The van der Waals surface area contributed by atoms with Gasteiger partial charge < -0.3 is 16.2 Å². The average Bonchev–Trinajstić information content (AvgIpc) is 3.19. The molecule has 0 radical (unpaired) electrons. The molecule has 2 aliphatic carbocycles. The zero-order valence-corrected chi connectivity index (χ0v) is 12.6. The second kappa shape index (κ2) is 5.53. The van der Waals surface area contributed by atoms with Crippen LogP contribution in [0, 0.1) is 23.7 Å². The molecule has 0 aliphatic heterocycles. The summed E-state index contributed by atoms with van der Waals surface area (Å²) in [7, 11) is 0. The van der Waals surface area contributed by atoms with Crippen molar-refractivity contribution >= 4 is 23.5 Å². The van der Waals surface area contributed by atoms with E-state index < -0.39 is 29.6 Å². The number of hydrogen-bond acceptors (Lipinski definition) is 4. The molecule has 1 aromatic heterocycles. The first-order valence-corrected chi connectivity index (χ1v) is 7.51. The number of carboxylic acid groups (broad SMARTS) is 1. The Morgan fingerprint density at radius 3 is 2.57 bits per heavy atom. The van der Waals surface area contributed by atoms with Crippen molar-refractivity contribution in [2.24, 2.45) is 29.4 Å². The number of nitrogens with one attached hydrogen (secondary N) is 1. The van der Waals surface area contributed by atoms with Crippen LogP contribution in [-0.4, -0.2) is 32.7 Å². The lowest BCUT2D eigenvalue weighted by molar-refractivity contribution is -0.146. The molecule has 2 amide bonds. The van der Waals surface area contributed by atoms with Gasteiger partial charge in [0.05, 0.1) is 23.7 Å². The third-order valence-electron chi connectivity index (χ3n) is 4.68. The first-order valence-electron chi connectivity index (χ1n) is 7.51. The number of aliphatic carboxylic acids is 1. The molecule has 8 heteroatoms. The van der Waals surface area contributed by atoms with Gasteiger partial charge in [0, 0.05) is 6.54 Å². The maximum atomic E-state index is 12.6. The van der Waals surface area contributed by atoms with Gasteiger partial charge in [0.1, 0.15) is 5.69 Å². The normalized spacial score (nSPS) is 28.0. The zero-order chi connectivity index (χ0) is 16.7. The number of carbonyl (C=O) groups is 3. The number of rotatable bonds is 5. The lowest BCUT2D eigenvalue weighted by atomic mass is 9.82. The van der Waals surface area contributed by atoms with E-state index in [0.29, 0.717) is 13.0 Å². The summed E-state index contributed by atoms with van der Waals surface area (Å²) >= 11 is 0. The quantitative estimate of drug-likeness (QED) is 0.680. The molecule has 3 rings (SSSR count). The number of allylic oxidation sites excluding steroid dienone is 2. The number of carboxylic acids is 1. The molecule has 1 fully saturated rings. The van der Waals surface area contributed by atoms with Crippen LogP contribution in [0.3, 0.4) is 0 Å². The highest BCUT2D eigenvalue weighted by Crippen LogP contribution is 2.48.